The van der Waals surface area contributed by atoms with Crippen LogP contribution >= 0.6 is 12.4 Å². The first-order valence-corrected chi connectivity index (χ1v) is 14.5. The maximum atomic E-state index is 14.9. The molecule has 0 bridgehead atoms. The number of carbonyl (C=O) groups is 3. The van der Waals surface area contributed by atoms with Crippen LogP contribution in [0.15, 0.2) is 40.8 Å². The number of ether oxygens (including phenoxy) is 3. The molecule has 3 aromatic rings. The molecule has 4 rings (SSSR count). The van der Waals surface area contributed by atoms with Crippen molar-refractivity contribution in [3.8, 4) is 23.0 Å². The van der Waals surface area contributed by atoms with E-state index in [1.54, 1.807) is 13.8 Å². The third-order valence-corrected chi connectivity index (χ3v) is 6.74. The first kappa shape index (κ1) is 37.1. The van der Waals surface area contributed by atoms with Gasteiger partial charge in [0, 0.05) is 17.2 Å². The minimum Gasteiger partial charge on any atom is -0.489 e. The van der Waals surface area contributed by atoms with Gasteiger partial charge in [-0.1, -0.05) is 6.07 Å². The number of alkyl halides is 2. The molecule has 1 fully saturated rings. The van der Waals surface area contributed by atoms with Crippen LogP contribution in [0, 0.1) is 17.6 Å². The van der Waals surface area contributed by atoms with Gasteiger partial charge in [0.1, 0.15) is 23.7 Å². The van der Waals surface area contributed by atoms with Gasteiger partial charge in [0.05, 0.1) is 18.8 Å². The molecule has 0 saturated heterocycles. The summed E-state index contributed by atoms with van der Waals surface area (Å²) in [6, 6.07) is 2.50. The van der Waals surface area contributed by atoms with E-state index in [9.17, 15) is 31.9 Å². The van der Waals surface area contributed by atoms with Crippen molar-refractivity contribution < 1.29 is 50.6 Å². The first-order valence-electron chi connectivity index (χ1n) is 14.5. The van der Waals surface area contributed by atoms with Gasteiger partial charge in [0.15, 0.2) is 23.0 Å². The van der Waals surface area contributed by atoms with Gasteiger partial charge in [0.2, 0.25) is 11.8 Å². The average molecular weight is 687 g/mol. The van der Waals surface area contributed by atoms with E-state index in [-0.39, 0.29) is 53.4 Å². The third kappa shape index (κ3) is 9.81. The van der Waals surface area contributed by atoms with E-state index < -0.39 is 65.8 Å². The molecule has 11 nitrogen and oxygen atoms in total. The van der Waals surface area contributed by atoms with Crippen molar-refractivity contribution in [3.05, 3.63) is 65.1 Å². The van der Waals surface area contributed by atoms with Crippen LogP contribution in [-0.4, -0.2) is 48.1 Å². The SMILES string of the molecule is CC(C)OC(=O)[C@H](C)NC(=O)C(NC(=O)c1nc(-c2ccc(OC(F)F)c(OCC3CC3)c2)oc1[C@H](C)N)c1ccc(F)cc1F.Cl. The number of nitrogens with one attached hydrogen (secondary N) is 2. The van der Waals surface area contributed by atoms with Crippen molar-refractivity contribution in [1.29, 1.82) is 0 Å². The molecule has 47 heavy (non-hydrogen) atoms. The van der Waals surface area contributed by atoms with E-state index >= 15 is 0 Å². The number of hydrogen-bond donors (Lipinski definition) is 3. The van der Waals surface area contributed by atoms with Crippen LogP contribution in [0.1, 0.15) is 74.4 Å². The quantitative estimate of drug-likeness (QED) is 0.150. The first-order chi connectivity index (χ1) is 21.7. The van der Waals surface area contributed by atoms with Crippen LogP contribution in [0.5, 0.6) is 11.5 Å². The Hall–Kier alpha value is -4.37. The van der Waals surface area contributed by atoms with Crippen molar-refractivity contribution in [2.45, 2.75) is 71.4 Å². The van der Waals surface area contributed by atoms with Crippen LogP contribution in [-0.2, 0) is 14.3 Å². The molecule has 0 aliphatic heterocycles. The summed E-state index contributed by atoms with van der Waals surface area (Å²) < 4.78 is 75.7. The fourth-order valence-electron chi connectivity index (χ4n) is 4.28. The van der Waals surface area contributed by atoms with Gasteiger partial charge in [-0.05, 0) is 70.7 Å². The molecule has 16 heteroatoms. The summed E-state index contributed by atoms with van der Waals surface area (Å²) in [5.41, 5.74) is 5.50. The van der Waals surface area contributed by atoms with Gasteiger partial charge in [0.25, 0.3) is 5.91 Å². The summed E-state index contributed by atoms with van der Waals surface area (Å²) >= 11 is 0. The largest absolute Gasteiger partial charge is 0.489 e. The summed E-state index contributed by atoms with van der Waals surface area (Å²) in [5, 5.41) is 4.73. The maximum absolute atomic E-state index is 14.9. The number of esters is 1. The highest BCUT2D eigenvalue weighted by atomic mass is 35.5. The van der Waals surface area contributed by atoms with E-state index in [1.165, 1.54) is 32.0 Å². The standard InChI is InChI=1S/C31H34F4N4O7.ClH/c1-14(2)44-30(42)16(4)37-27(40)24(20-9-8-19(32)12-21(20)33)38-28(41)25-26(15(3)36)46-29(39-25)18-7-10-22(45-31(34)35)23(11-18)43-13-17-5-6-17;/h7-12,14-17,24,31H,5-6,13,36H2,1-4H3,(H,37,40)(H,38,41);1H/t15-,16-,24?;/m0./s1. The summed E-state index contributed by atoms with van der Waals surface area (Å²) in [5.74, 6) is -5.05. The fraction of sp³-hybridized carbons (Fsp3) is 0.419. The number of rotatable bonds is 14. The topological polar surface area (TPSA) is 155 Å². The lowest BCUT2D eigenvalue weighted by Gasteiger charge is -2.22. The zero-order valence-corrected chi connectivity index (χ0v) is 26.7. The number of carbonyl (C=O) groups excluding carboxylic acids is 3. The molecule has 256 valence electrons. The third-order valence-electron chi connectivity index (χ3n) is 6.74. The maximum Gasteiger partial charge on any atom is 0.387 e. The van der Waals surface area contributed by atoms with Crippen molar-refractivity contribution in [2.24, 2.45) is 11.7 Å². The zero-order valence-electron chi connectivity index (χ0n) is 25.9. The molecule has 2 amide bonds. The second-order valence-electron chi connectivity index (χ2n) is 11.1. The molecule has 1 aliphatic carbocycles. The number of oxazole rings is 1. The number of nitrogens with two attached hydrogens (primary N) is 1. The van der Waals surface area contributed by atoms with Gasteiger partial charge < -0.3 is 35.0 Å². The molecular weight excluding hydrogens is 652 g/mol. The second kappa shape index (κ2) is 16.0. The Morgan fingerprint density at radius 2 is 1.72 bits per heavy atom. The second-order valence-corrected chi connectivity index (χ2v) is 11.1. The highest BCUT2D eigenvalue weighted by molar-refractivity contribution is 5.98. The van der Waals surface area contributed by atoms with E-state index in [4.69, 9.17) is 19.6 Å². The fourth-order valence-corrected chi connectivity index (χ4v) is 4.28. The summed E-state index contributed by atoms with van der Waals surface area (Å²) in [6.45, 7) is 3.23. The molecule has 0 radical (unpaired) electrons. The van der Waals surface area contributed by atoms with Gasteiger partial charge in [-0.3, -0.25) is 9.59 Å². The Morgan fingerprint density at radius 3 is 2.32 bits per heavy atom. The zero-order chi connectivity index (χ0) is 33.7. The minimum absolute atomic E-state index is 0. The summed E-state index contributed by atoms with van der Waals surface area (Å²) in [6.07, 6.45) is 1.41. The van der Waals surface area contributed by atoms with E-state index in [1.807, 2.05) is 0 Å². The lowest BCUT2D eigenvalue weighted by atomic mass is 10.0. The molecule has 1 heterocycles. The molecular formula is C31H35ClF4N4O7. The van der Waals surface area contributed by atoms with Crippen molar-refractivity contribution >= 4 is 30.2 Å². The number of benzene rings is 2. The van der Waals surface area contributed by atoms with Gasteiger partial charge in [-0.15, -0.1) is 12.4 Å². The van der Waals surface area contributed by atoms with Gasteiger partial charge in [-0.25, -0.2) is 18.6 Å². The van der Waals surface area contributed by atoms with E-state index in [0.717, 1.165) is 25.0 Å². The van der Waals surface area contributed by atoms with E-state index in [0.29, 0.717) is 12.0 Å². The molecule has 1 aromatic heterocycles. The number of amides is 2. The molecule has 2 aromatic carbocycles. The lowest BCUT2D eigenvalue weighted by molar-refractivity contribution is -0.151. The van der Waals surface area contributed by atoms with Crippen LogP contribution in [0.3, 0.4) is 0 Å². The molecule has 0 spiro atoms. The van der Waals surface area contributed by atoms with Gasteiger partial charge in [-0.2, -0.15) is 8.78 Å². The Balaban J connectivity index is 0.00000600. The van der Waals surface area contributed by atoms with E-state index in [2.05, 4.69) is 20.4 Å². The normalized spacial score (nSPS) is 14.5. The number of halogens is 5. The molecule has 4 N–H and O–H groups in total. The summed E-state index contributed by atoms with van der Waals surface area (Å²) in [4.78, 5) is 43.4. The molecule has 1 saturated carbocycles. The Kier molecular flexibility index (Phi) is 12.6. The molecule has 3 atom stereocenters. The predicted octanol–water partition coefficient (Wildman–Crippen LogP) is 5.38. The Morgan fingerprint density at radius 1 is 1.02 bits per heavy atom. The number of hydrogen-bond acceptors (Lipinski definition) is 9. The molecule has 1 unspecified atom stereocenters. The van der Waals surface area contributed by atoms with Crippen LogP contribution in [0.2, 0.25) is 0 Å². The smallest absolute Gasteiger partial charge is 0.387 e. The predicted molar refractivity (Wildman–Crippen MR) is 162 cm³/mol. The van der Waals surface area contributed by atoms with Crippen LogP contribution < -0.4 is 25.8 Å². The van der Waals surface area contributed by atoms with Crippen LogP contribution in [0.25, 0.3) is 11.5 Å². The number of aromatic nitrogens is 1. The van der Waals surface area contributed by atoms with Crippen LogP contribution in [0.4, 0.5) is 17.6 Å². The Labute approximate surface area is 273 Å². The lowest BCUT2D eigenvalue weighted by Crippen LogP contribution is -2.47. The number of nitrogens with zero attached hydrogens (tertiary/aromatic N) is 1. The van der Waals surface area contributed by atoms with Gasteiger partial charge >= 0.3 is 12.6 Å². The highest BCUT2D eigenvalue weighted by Gasteiger charge is 2.32. The van der Waals surface area contributed by atoms with Crippen molar-refractivity contribution in [2.75, 3.05) is 6.61 Å². The van der Waals surface area contributed by atoms with Crippen molar-refractivity contribution in [1.82, 2.24) is 15.6 Å². The highest BCUT2D eigenvalue weighted by Crippen LogP contribution is 2.37. The molecule has 1 aliphatic rings. The Bertz CT molecular complexity index is 1580. The minimum atomic E-state index is -3.10. The van der Waals surface area contributed by atoms with Crippen molar-refractivity contribution in [3.63, 3.8) is 0 Å². The summed E-state index contributed by atoms with van der Waals surface area (Å²) in [7, 11) is 0. The monoisotopic (exact) mass is 686 g/mol. The average Bonchev–Trinajstić information content (AvgIpc) is 3.69.